The van der Waals surface area contributed by atoms with Crippen molar-refractivity contribution in [1.82, 2.24) is 25.3 Å². The molecule has 1 aromatic carbocycles. The number of amides is 1. The summed E-state index contributed by atoms with van der Waals surface area (Å²) in [4.78, 5) is 31.8. The van der Waals surface area contributed by atoms with Crippen LogP contribution in [-0.4, -0.2) is 45.0 Å². The molecule has 0 spiro atoms. The van der Waals surface area contributed by atoms with Crippen molar-refractivity contribution in [3.05, 3.63) is 60.7 Å². The van der Waals surface area contributed by atoms with Gasteiger partial charge in [-0.05, 0) is 31.0 Å². The van der Waals surface area contributed by atoms with Crippen molar-refractivity contribution in [2.75, 3.05) is 23.7 Å². The summed E-state index contributed by atoms with van der Waals surface area (Å²) in [5.74, 6) is 0.957. The average molecular weight is 375 g/mol. The van der Waals surface area contributed by atoms with Gasteiger partial charge in [0, 0.05) is 42.7 Å². The van der Waals surface area contributed by atoms with Gasteiger partial charge in [0.15, 0.2) is 0 Å². The summed E-state index contributed by atoms with van der Waals surface area (Å²) < 4.78 is 0. The van der Waals surface area contributed by atoms with Crippen molar-refractivity contribution in [2.45, 2.75) is 18.9 Å². The maximum Gasteiger partial charge on any atom is 0.251 e. The first-order chi connectivity index (χ1) is 13.7. The number of anilines is 2. The molecule has 1 saturated heterocycles. The topological polar surface area (TPSA) is 110 Å². The van der Waals surface area contributed by atoms with E-state index in [2.05, 4.69) is 30.2 Å². The van der Waals surface area contributed by atoms with Crippen LogP contribution in [0.2, 0.25) is 0 Å². The number of nitrogen functional groups attached to an aromatic ring is 1. The molecule has 1 amide bonds. The van der Waals surface area contributed by atoms with E-state index in [1.165, 1.54) is 6.20 Å². The molecule has 1 fully saturated rings. The molecule has 0 unspecified atom stereocenters. The molecule has 8 heteroatoms. The van der Waals surface area contributed by atoms with E-state index in [0.29, 0.717) is 29.6 Å². The van der Waals surface area contributed by atoms with Crippen LogP contribution >= 0.6 is 0 Å². The molecule has 0 bridgehead atoms. The van der Waals surface area contributed by atoms with Crippen molar-refractivity contribution in [2.24, 2.45) is 0 Å². The first kappa shape index (κ1) is 17.8. The molecule has 142 valence electrons. The molecule has 3 aromatic rings. The summed E-state index contributed by atoms with van der Waals surface area (Å²) in [6.45, 7) is 1.58. The van der Waals surface area contributed by atoms with Crippen LogP contribution in [0.4, 0.5) is 11.8 Å². The largest absolute Gasteiger partial charge is 0.382 e. The van der Waals surface area contributed by atoms with Gasteiger partial charge in [0.1, 0.15) is 5.82 Å². The minimum atomic E-state index is -0.105. The predicted octanol–water partition coefficient (Wildman–Crippen LogP) is 1.91. The van der Waals surface area contributed by atoms with Gasteiger partial charge < -0.3 is 16.0 Å². The van der Waals surface area contributed by atoms with Crippen molar-refractivity contribution in [3.63, 3.8) is 0 Å². The van der Waals surface area contributed by atoms with Crippen LogP contribution in [0.15, 0.2) is 55.1 Å². The zero-order chi connectivity index (χ0) is 19.3. The summed E-state index contributed by atoms with van der Waals surface area (Å²) in [5, 5.41) is 3.13. The Hall–Kier alpha value is -3.55. The van der Waals surface area contributed by atoms with Crippen LogP contribution < -0.4 is 16.0 Å². The summed E-state index contributed by atoms with van der Waals surface area (Å²) in [7, 11) is 0. The predicted molar refractivity (Wildman–Crippen MR) is 107 cm³/mol. The fraction of sp³-hybridized carbons (Fsp3) is 0.250. The quantitative estimate of drug-likeness (QED) is 0.717. The summed E-state index contributed by atoms with van der Waals surface area (Å²) in [5.41, 5.74) is 7.67. The molecule has 1 aliphatic rings. The van der Waals surface area contributed by atoms with Crippen molar-refractivity contribution in [3.8, 4) is 11.3 Å². The standard InChI is InChI=1S/C20H21N7O/c21-18-12-24-17(11-25-18)14-4-1-5-15(10-14)19(28)26-16-6-2-9-27(13-16)20-22-7-3-8-23-20/h1,3-5,7-8,10-12,16H,2,6,9,13H2,(H2,21,25)(H,26,28)/t16-/m1/s1. The van der Waals surface area contributed by atoms with Crippen LogP contribution in [0.3, 0.4) is 0 Å². The van der Waals surface area contributed by atoms with E-state index in [4.69, 9.17) is 5.73 Å². The van der Waals surface area contributed by atoms with Gasteiger partial charge in [-0.1, -0.05) is 12.1 Å². The van der Waals surface area contributed by atoms with E-state index in [1.54, 1.807) is 30.7 Å². The second kappa shape index (κ2) is 7.99. The molecular formula is C20H21N7O. The first-order valence-electron chi connectivity index (χ1n) is 9.20. The van der Waals surface area contributed by atoms with Gasteiger partial charge in [-0.2, -0.15) is 0 Å². The summed E-state index contributed by atoms with van der Waals surface area (Å²) in [6.07, 6.45) is 8.48. The number of piperidine rings is 1. The van der Waals surface area contributed by atoms with Gasteiger partial charge in [0.2, 0.25) is 5.95 Å². The number of hydrogen-bond donors (Lipinski definition) is 2. The monoisotopic (exact) mass is 375 g/mol. The molecule has 28 heavy (non-hydrogen) atoms. The third-order valence-electron chi connectivity index (χ3n) is 4.68. The maximum absolute atomic E-state index is 12.8. The highest BCUT2D eigenvalue weighted by atomic mass is 16.1. The van der Waals surface area contributed by atoms with Gasteiger partial charge in [-0.25, -0.2) is 15.0 Å². The van der Waals surface area contributed by atoms with E-state index in [0.717, 1.165) is 24.9 Å². The number of hydrogen-bond acceptors (Lipinski definition) is 7. The molecule has 1 atom stereocenters. The van der Waals surface area contributed by atoms with Crippen molar-refractivity contribution in [1.29, 1.82) is 0 Å². The Kier molecular flexibility index (Phi) is 5.09. The van der Waals surface area contributed by atoms with E-state index in [9.17, 15) is 4.79 Å². The molecule has 2 aromatic heterocycles. The van der Waals surface area contributed by atoms with E-state index in [-0.39, 0.29) is 11.9 Å². The minimum absolute atomic E-state index is 0.0463. The number of carbonyl (C=O) groups is 1. The average Bonchev–Trinajstić information content (AvgIpc) is 2.75. The lowest BCUT2D eigenvalue weighted by atomic mass is 10.0. The normalized spacial score (nSPS) is 16.6. The highest BCUT2D eigenvalue weighted by molar-refractivity contribution is 5.95. The third kappa shape index (κ3) is 4.06. The highest BCUT2D eigenvalue weighted by Gasteiger charge is 2.23. The van der Waals surface area contributed by atoms with E-state index >= 15 is 0 Å². The number of rotatable bonds is 4. The van der Waals surface area contributed by atoms with Gasteiger partial charge >= 0.3 is 0 Å². The lowest BCUT2D eigenvalue weighted by molar-refractivity contribution is 0.0933. The van der Waals surface area contributed by atoms with Crippen molar-refractivity contribution >= 4 is 17.7 Å². The molecular weight excluding hydrogens is 354 g/mol. The molecule has 3 heterocycles. The fourth-order valence-electron chi connectivity index (χ4n) is 3.31. The van der Waals surface area contributed by atoms with Gasteiger partial charge in [-0.15, -0.1) is 0 Å². The van der Waals surface area contributed by atoms with E-state index in [1.807, 2.05) is 18.2 Å². The summed E-state index contributed by atoms with van der Waals surface area (Å²) in [6, 6.07) is 9.19. The maximum atomic E-state index is 12.8. The van der Waals surface area contributed by atoms with Crippen LogP contribution in [0, 0.1) is 0 Å². The Labute approximate surface area is 162 Å². The molecule has 0 saturated carbocycles. The fourth-order valence-corrected chi connectivity index (χ4v) is 3.31. The number of aromatic nitrogens is 4. The molecule has 4 rings (SSSR count). The second-order valence-corrected chi connectivity index (χ2v) is 6.71. The molecule has 3 N–H and O–H groups in total. The van der Waals surface area contributed by atoms with Crippen molar-refractivity contribution < 1.29 is 4.79 Å². The number of benzene rings is 1. The Morgan fingerprint density at radius 3 is 2.75 bits per heavy atom. The van der Waals surface area contributed by atoms with Gasteiger partial charge in [0.05, 0.1) is 18.1 Å². The van der Waals surface area contributed by atoms with Gasteiger partial charge in [-0.3, -0.25) is 9.78 Å². The Balaban J connectivity index is 1.45. The van der Waals surface area contributed by atoms with Crippen LogP contribution in [0.5, 0.6) is 0 Å². The Morgan fingerprint density at radius 1 is 1.11 bits per heavy atom. The van der Waals surface area contributed by atoms with Crippen LogP contribution in [-0.2, 0) is 0 Å². The molecule has 8 nitrogen and oxygen atoms in total. The smallest absolute Gasteiger partial charge is 0.251 e. The molecule has 0 aliphatic carbocycles. The summed E-state index contributed by atoms with van der Waals surface area (Å²) >= 11 is 0. The highest BCUT2D eigenvalue weighted by Crippen LogP contribution is 2.19. The SMILES string of the molecule is Nc1cnc(-c2cccc(C(=O)N[C@@H]3CCCN(c4ncccn4)C3)c2)cn1. The Morgan fingerprint density at radius 2 is 1.96 bits per heavy atom. The molecule has 1 aliphatic heterocycles. The third-order valence-corrected chi connectivity index (χ3v) is 4.68. The minimum Gasteiger partial charge on any atom is -0.382 e. The second-order valence-electron chi connectivity index (χ2n) is 6.71. The van der Waals surface area contributed by atoms with Crippen LogP contribution in [0.1, 0.15) is 23.2 Å². The number of carbonyl (C=O) groups excluding carboxylic acids is 1. The van der Waals surface area contributed by atoms with Crippen LogP contribution in [0.25, 0.3) is 11.3 Å². The molecule has 0 radical (unpaired) electrons. The zero-order valence-corrected chi connectivity index (χ0v) is 15.3. The number of nitrogens with one attached hydrogen (secondary N) is 1. The Bertz CT molecular complexity index is 946. The lowest BCUT2D eigenvalue weighted by Gasteiger charge is -2.33. The number of nitrogens with two attached hydrogens (primary N) is 1. The zero-order valence-electron chi connectivity index (χ0n) is 15.3. The first-order valence-corrected chi connectivity index (χ1v) is 9.20. The van der Waals surface area contributed by atoms with Gasteiger partial charge in [0.25, 0.3) is 5.91 Å². The lowest BCUT2D eigenvalue weighted by Crippen LogP contribution is -2.48. The van der Waals surface area contributed by atoms with E-state index < -0.39 is 0 Å². The number of nitrogens with zero attached hydrogens (tertiary/aromatic N) is 5.